The van der Waals surface area contributed by atoms with Gasteiger partial charge in [0.1, 0.15) is 30.2 Å². The van der Waals surface area contributed by atoms with Gasteiger partial charge in [0.15, 0.2) is 0 Å². The van der Waals surface area contributed by atoms with Crippen LogP contribution < -0.4 is 31.9 Å². The van der Waals surface area contributed by atoms with Crippen molar-refractivity contribution in [1.29, 1.82) is 0 Å². The number of aliphatic hydroxyl groups is 1. The summed E-state index contributed by atoms with van der Waals surface area (Å²) < 4.78 is 0. The van der Waals surface area contributed by atoms with Crippen LogP contribution in [0.5, 0.6) is 0 Å². The maximum absolute atomic E-state index is 14.1. The highest BCUT2D eigenvalue weighted by molar-refractivity contribution is 5.97. The molecule has 0 aromatic heterocycles. The fourth-order valence-corrected chi connectivity index (χ4v) is 6.66. The van der Waals surface area contributed by atoms with Gasteiger partial charge in [0.2, 0.25) is 35.4 Å². The second-order valence-corrected chi connectivity index (χ2v) is 15.2. The second kappa shape index (κ2) is 25.6. The zero-order valence-electron chi connectivity index (χ0n) is 34.0. The van der Waals surface area contributed by atoms with E-state index in [-0.39, 0.29) is 18.3 Å². The molecule has 0 radical (unpaired) electrons. The molecular weight excluding hydrogens is 728 g/mol. The minimum absolute atomic E-state index is 0.0825. The summed E-state index contributed by atoms with van der Waals surface area (Å²) in [7, 11) is 0. The summed E-state index contributed by atoms with van der Waals surface area (Å²) >= 11 is 0. The van der Waals surface area contributed by atoms with Crippen LogP contribution in [0.4, 0.5) is 0 Å². The molecule has 0 aromatic rings. The monoisotopic (exact) mass is 794 g/mol. The molecule has 0 saturated heterocycles. The summed E-state index contributed by atoms with van der Waals surface area (Å²) in [6.45, 7) is 11.8. The van der Waals surface area contributed by atoms with Gasteiger partial charge in [0, 0.05) is 13.3 Å². The van der Waals surface area contributed by atoms with Gasteiger partial charge in [-0.1, -0.05) is 85.3 Å². The molecule has 1 unspecified atom stereocenters. The van der Waals surface area contributed by atoms with Crippen molar-refractivity contribution in [3.05, 3.63) is 12.2 Å². The molecule has 1 aliphatic carbocycles. The Hall–Kier alpha value is -4.54. The molecule has 1 rings (SSSR count). The lowest BCUT2D eigenvalue weighted by molar-refractivity contribution is -0.141. The largest absolute Gasteiger partial charge is 0.481 e. The molecule has 17 heteroatoms. The Kier molecular flexibility index (Phi) is 22.6. The zero-order chi connectivity index (χ0) is 42.5. The minimum atomic E-state index is -1.56. The molecule has 0 heterocycles. The Labute approximate surface area is 330 Å². The van der Waals surface area contributed by atoms with E-state index in [1.807, 2.05) is 13.8 Å². The number of carbonyl (C=O) groups excluding carboxylic acids is 6. The molecule has 9 N–H and O–H groups in total. The van der Waals surface area contributed by atoms with Gasteiger partial charge in [0.05, 0.1) is 18.6 Å². The van der Waals surface area contributed by atoms with Gasteiger partial charge >= 0.3 is 11.9 Å². The van der Waals surface area contributed by atoms with Crippen molar-refractivity contribution < 1.29 is 53.7 Å². The van der Waals surface area contributed by atoms with Crippen LogP contribution in [0.25, 0.3) is 0 Å². The van der Waals surface area contributed by atoms with Crippen LogP contribution in [-0.4, -0.2) is 105 Å². The normalized spacial score (nSPS) is 17.6. The van der Waals surface area contributed by atoms with E-state index in [9.17, 15) is 53.7 Å². The quantitative estimate of drug-likeness (QED) is 0.0600. The van der Waals surface area contributed by atoms with Crippen LogP contribution in [0, 0.1) is 17.8 Å². The molecule has 0 spiro atoms. The van der Waals surface area contributed by atoms with Crippen molar-refractivity contribution in [2.24, 2.45) is 17.8 Å². The molecule has 8 atom stereocenters. The average Bonchev–Trinajstić information content (AvgIpc) is 3.12. The average molecular weight is 795 g/mol. The van der Waals surface area contributed by atoms with Crippen LogP contribution in [0.3, 0.4) is 0 Å². The number of hydrogen-bond acceptors (Lipinski definition) is 9. The number of aliphatic hydroxyl groups excluding tert-OH is 1. The Morgan fingerprint density at radius 2 is 1.23 bits per heavy atom. The summed E-state index contributed by atoms with van der Waals surface area (Å²) in [4.78, 5) is 103. The number of carboxylic acids is 2. The third kappa shape index (κ3) is 18.4. The van der Waals surface area contributed by atoms with E-state index in [1.54, 1.807) is 39.8 Å². The highest BCUT2D eigenvalue weighted by Crippen LogP contribution is 2.28. The third-order valence-electron chi connectivity index (χ3n) is 9.98. The first-order valence-corrected chi connectivity index (χ1v) is 19.9. The highest BCUT2D eigenvalue weighted by Gasteiger charge is 2.36. The molecule has 0 bridgehead atoms. The minimum Gasteiger partial charge on any atom is -0.481 e. The molecule has 1 aliphatic rings. The summed E-state index contributed by atoms with van der Waals surface area (Å²) in [6.07, 6.45) is 6.82. The zero-order valence-corrected chi connectivity index (χ0v) is 34.0. The molecular formula is C39H66N6O11. The van der Waals surface area contributed by atoms with Crippen LogP contribution in [0.2, 0.25) is 0 Å². The van der Waals surface area contributed by atoms with Crippen molar-refractivity contribution in [1.82, 2.24) is 31.9 Å². The van der Waals surface area contributed by atoms with Crippen molar-refractivity contribution in [3.8, 4) is 0 Å². The topological polar surface area (TPSA) is 269 Å². The Balaban J connectivity index is 3.37. The number of carboxylic acid groups (broad SMARTS) is 2. The number of allylic oxidation sites excluding steroid dienone is 1. The van der Waals surface area contributed by atoms with E-state index in [0.29, 0.717) is 19.3 Å². The lowest BCUT2D eigenvalue weighted by Crippen LogP contribution is -2.61. The lowest BCUT2D eigenvalue weighted by atomic mass is 9.84. The lowest BCUT2D eigenvalue weighted by Gasteiger charge is -2.32. The van der Waals surface area contributed by atoms with E-state index < -0.39 is 115 Å². The van der Waals surface area contributed by atoms with Crippen LogP contribution in [-0.2, 0) is 38.4 Å². The van der Waals surface area contributed by atoms with Crippen molar-refractivity contribution in [3.63, 3.8) is 0 Å². The molecule has 318 valence electrons. The van der Waals surface area contributed by atoms with Crippen LogP contribution in [0.15, 0.2) is 12.2 Å². The van der Waals surface area contributed by atoms with Crippen molar-refractivity contribution in [2.75, 3.05) is 0 Å². The first-order valence-electron chi connectivity index (χ1n) is 19.9. The summed E-state index contributed by atoms with van der Waals surface area (Å²) in [6, 6.07) is -7.02. The maximum Gasteiger partial charge on any atom is 0.305 e. The molecule has 1 saturated carbocycles. The molecule has 6 amide bonds. The summed E-state index contributed by atoms with van der Waals surface area (Å²) in [5.74, 6) is -7.55. The Morgan fingerprint density at radius 3 is 1.75 bits per heavy atom. The van der Waals surface area contributed by atoms with Crippen molar-refractivity contribution in [2.45, 2.75) is 168 Å². The van der Waals surface area contributed by atoms with Gasteiger partial charge in [-0.3, -0.25) is 38.4 Å². The SMILES string of the molecule is C/C=C\C(O)[C@H](CC)NC(=O)[C@H](CC1CCCCC1)NC(=O)[C@@H](NC(=O)[C@H](CC(C)C)NC(=O)[C@@H](CCC(=O)O)NC(=O)[C@H](CC(=O)O)NC(C)=O)[C@@H](C)CC. The Morgan fingerprint density at radius 1 is 0.679 bits per heavy atom. The fourth-order valence-electron chi connectivity index (χ4n) is 6.66. The van der Waals surface area contributed by atoms with Crippen LogP contribution in [0.1, 0.15) is 126 Å². The summed E-state index contributed by atoms with van der Waals surface area (Å²) in [5.41, 5.74) is 0. The third-order valence-corrected chi connectivity index (χ3v) is 9.98. The number of hydrogen-bond donors (Lipinski definition) is 9. The van der Waals surface area contributed by atoms with E-state index in [1.165, 1.54) is 0 Å². The first kappa shape index (κ1) is 49.5. The van der Waals surface area contributed by atoms with E-state index in [0.717, 1.165) is 39.0 Å². The van der Waals surface area contributed by atoms with Crippen molar-refractivity contribution >= 4 is 47.4 Å². The standard InChI is InChI=1S/C39H66N6O11/c1-8-14-31(47)26(10-3)41-36(53)29(20-25-15-12-11-13-16-25)44-39(56)34(23(6)9-2)45-38(55)28(19-22(4)5)43-35(52)27(17-18-32(48)49)42-37(54)30(21-33(50)51)40-24(7)46/h8,14,22-23,25-31,34,47H,9-13,15-21H2,1-7H3,(H,40,46)(H,41,53)(H,42,54)(H,43,52)(H,44,56)(H,45,55)(H,48,49)(H,50,51)/b14-8-/t23-,26-,27+,28-,29-,30-,31?,34-/m0/s1. The number of rotatable bonds is 25. The Bertz CT molecular complexity index is 1350. The van der Waals surface area contributed by atoms with Gasteiger partial charge in [-0.2, -0.15) is 0 Å². The number of amides is 6. The van der Waals surface area contributed by atoms with Crippen LogP contribution >= 0.6 is 0 Å². The predicted octanol–water partition coefficient (Wildman–Crippen LogP) is 1.66. The molecule has 0 aliphatic heterocycles. The molecule has 56 heavy (non-hydrogen) atoms. The second-order valence-electron chi connectivity index (χ2n) is 15.2. The number of carbonyl (C=O) groups is 8. The van der Waals surface area contributed by atoms with Gasteiger partial charge in [-0.05, 0) is 50.4 Å². The van der Waals surface area contributed by atoms with E-state index in [2.05, 4.69) is 31.9 Å². The van der Waals surface area contributed by atoms with Gasteiger partial charge in [-0.25, -0.2) is 0 Å². The van der Waals surface area contributed by atoms with Gasteiger partial charge in [0.25, 0.3) is 0 Å². The molecule has 0 aromatic carbocycles. The van der Waals surface area contributed by atoms with E-state index >= 15 is 0 Å². The predicted molar refractivity (Wildman–Crippen MR) is 208 cm³/mol. The number of aliphatic carboxylic acids is 2. The first-order chi connectivity index (χ1) is 26.3. The van der Waals surface area contributed by atoms with E-state index in [4.69, 9.17) is 0 Å². The highest BCUT2D eigenvalue weighted by atomic mass is 16.4. The maximum atomic E-state index is 14.1. The van der Waals surface area contributed by atoms with Gasteiger partial charge in [-0.15, -0.1) is 0 Å². The number of nitrogens with one attached hydrogen (secondary N) is 6. The fraction of sp³-hybridized carbons (Fsp3) is 0.744. The van der Waals surface area contributed by atoms with Gasteiger partial charge < -0.3 is 47.2 Å². The molecule has 1 fully saturated rings. The molecule has 17 nitrogen and oxygen atoms in total. The smallest absolute Gasteiger partial charge is 0.305 e. The summed E-state index contributed by atoms with van der Waals surface area (Å²) in [5, 5.41) is 44.8.